The fraction of sp³-hybridized carbons (Fsp3) is 0.526. The van der Waals surface area contributed by atoms with Gasteiger partial charge in [-0.3, -0.25) is 14.5 Å². The first-order chi connectivity index (χ1) is 12.4. The maximum Gasteiger partial charge on any atom is 0.326 e. The number of nitrogens with zero attached hydrogens (tertiary/aromatic N) is 3. The van der Waals surface area contributed by atoms with Crippen LogP contribution in [0.2, 0.25) is 0 Å². The normalized spacial score (nSPS) is 21.7. The fourth-order valence-electron chi connectivity index (χ4n) is 3.73. The lowest BCUT2D eigenvalue weighted by molar-refractivity contribution is -0.137. The number of benzene rings is 1. The first-order valence-corrected chi connectivity index (χ1v) is 8.94. The number of hydrogen-bond acceptors (Lipinski definition) is 3. The highest BCUT2D eigenvalue weighted by Gasteiger charge is 2.42. The highest BCUT2D eigenvalue weighted by molar-refractivity contribution is 6.05. The summed E-state index contributed by atoms with van der Waals surface area (Å²) < 4.78 is 13.8. The summed E-state index contributed by atoms with van der Waals surface area (Å²) in [6, 6.07) is 5.71. The van der Waals surface area contributed by atoms with Crippen molar-refractivity contribution in [2.24, 2.45) is 5.92 Å². The highest BCUT2D eigenvalue weighted by Crippen LogP contribution is 2.24. The van der Waals surface area contributed by atoms with E-state index < -0.39 is 6.04 Å². The second-order valence-electron chi connectivity index (χ2n) is 7.13. The maximum absolute atomic E-state index is 13.8. The van der Waals surface area contributed by atoms with Crippen LogP contribution in [0.25, 0.3) is 0 Å². The van der Waals surface area contributed by atoms with E-state index in [1.807, 2.05) is 12.1 Å². The van der Waals surface area contributed by atoms with Crippen molar-refractivity contribution in [1.29, 1.82) is 0 Å². The van der Waals surface area contributed by atoms with Gasteiger partial charge in [0.2, 0.25) is 5.91 Å². The van der Waals surface area contributed by atoms with Gasteiger partial charge in [0.05, 0.1) is 6.42 Å². The van der Waals surface area contributed by atoms with Crippen LogP contribution in [-0.4, -0.2) is 65.8 Å². The molecule has 26 heavy (non-hydrogen) atoms. The Morgan fingerprint density at radius 2 is 1.81 bits per heavy atom. The second-order valence-corrected chi connectivity index (χ2v) is 7.13. The number of amides is 4. The molecule has 1 atom stereocenters. The Morgan fingerprint density at radius 1 is 1.15 bits per heavy atom. The average molecular weight is 361 g/mol. The third kappa shape index (κ3) is 3.57. The number of carbonyl (C=O) groups excluding carboxylic acids is 3. The summed E-state index contributed by atoms with van der Waals surface area (Å²) in [7, 11) is 2.97. The van der Waals surface area contributed by atoms with Crippen molar-refractivity contribution in [3.05, 3.63) is 35.6 Å². The van der Waals surface area contributed by atoms with E-state index in [2.05, 4.69) is 0 Å². The molecule has 2 saturated heterocycles. The van der Waals surface area contributed by atoms with Crippen molar-refractivity contribution in [3.8, 4) is 0 Å². The van der Waals surface area contributed by atoms with Crippen LogP contribution >= 0.6 is 0 Å². The summed E-state index contributed by atoms with van der Waals surface area (Å²) in [6.07, 6.45) is 2.32. The lowest BCUT2D eigenvalue weighted by atomic mass is 9.90. The molecule has 1 aromatic carbocycles. The summed E-state index contributed by atoms with van der Waals surface area (Å²) >= 11 is 0. The Kier molecular flexibility index (Phi) is 5.25. The molecule has 0 radical (unpaired) electrons. The summed E-state index contributed by atoms with van der Waals surface area (Å²) in [4.78, 5) is 40.6. The molecule has 6 nitrogen and oxygen atoms in total. The average Bonchev–Trinajstić information content (AvgIpc) is 2.82. The van der Waals surface area contributed by atoms with Crippen LogP contribution in [-0.2, 0) is 16.0 Å². The van der Waals surface area contributed by atoms with Gasteiger partial charge in [0.15, 0.2) is 0 Å². The molecule has 0 bridgehead atoms. The first-order valence-electron chi connectivity index (χ1n) is 8.94. The number of halogens is 1. The van der Waals surface area contributed by atoms with E-state index in [4.69, 9.17) is 0 Å². The lowest BCUT2D eigenvalue weighted by Gasteiger charge is -2.33. The van der Waals surface area contributed by atoms with E-state index in [1.165, 1.54) is 18.0 Å². The van der Waals surface area contributed by atoms with Crippen molar-refractivity contribution < 1.29 is 18.8 Å². The number of likely N-dealkylation sites (tertiary alicyclic amines) is 1. The van der Waals surface area contributed by atoms with Crippen LogP contribution in [0.5, 0.6) is 0 Å². The van der Waals surface area contributed by atoms with Crippen molar-refractivity contribution in [2.75, 3.05) is 27.2 Å². The van der Waals surface area contributed by atoms with Crippen LogP contribution in [0.1, 0.15) is 24.8 Å². The quantitative estimate of drug-likeness (QED) is 0.770. The number of hydrogen-bond donors (Lipinski definition) is 0. The van der Waals surface area contributed by atoms with Crippen LogP contribution in [0.3, 0.4) is 0 Å². The number of rotatable bonds is 4. The van der Waals surface area contributed by atoms with Gasteiger partial charge in [-0.2, -0.15) is 0 Å². The first kappa shape index (κ1) is 18.4. The molecule has 0 saturated carbocycles. The zero-order valence-corrected chi connectivity index (χ0v) is 15.2. The third-order valence-electron chi connectivity index (χ3n) is 5.47. The minimum absolute atomic E-state index is 0.0173. The Hall–Kier alpha value is -2.44. The molecule has 2 aliphatic rings. The summed E-state index contributed by atoms with van der Waals surface area (Å²) in [5.74, 6) is -0.273. The molecular formula is C19H24FN3O3. The molecule has 0 aliphatic carbocycles. The Labute approximate surface area is 152 Å². The molecule has 0 spiro atoms. The number of likely N-dealkylation sites (N-methyl/N-ethyl adjacent to an activating group) is 2. The standard InChI is InChI=1S/C19H24FN3O3/c1-21-16(18(25)22(2)19(21)26)12-17(24)23-9-7-13(8-10-23)11-14-5-3-4-6-15(14)20/h3-6,13,16H,7-12H2,1-2H3/t16-/m1/s1. The lowest BCUT2D eigenvalue weighted by Crippen LogP contribution is -2.43. The van der Waals surface area contributed by atoms with E-state index in [9.17, 15) is 18.8 Å². The van der Waals surface area contributed by atoms with Crippen LogP contribution in [0.4, 0.5) is 9.18 Å². The van der Waals surface area contributed by atoms with Gasteiger partial charge in [-0.25, -0.2) is 9.18 Å². The molecule has 0 unspecified atom stereocenters. The summed E-state index contributed by atoms with van der Waals surface area (Å²) in [5, 5.41) is 0. The predicted octanol–water partition coefficient (Wildman–Crippen LogP) is 1.89. The Morgan fingerprint density at radius 3 is 2.38 bits per heavy atom. The number of piperidine rings is 1. The topological polar surface area (TPSA) is 60.9 Å². The van der Waals surface area contributed by atoms with Crippen LogP contribution in [0, 0.1) is 11.7 Å². The van der Waals surface area contributed by atoms with Crippen molar-refractivity contribution in [1.82, 2.24) is 14.7 Å². The zero-order chi connectivity index (χ0) is 18.8. The summed E-state index contributed by atoms with van der Waals surface area (Å²) in [6.45, 7) is 1.21. The smallest absolute Gasteiger partial charge is 0.326 e. The molecule has 0 aromatic heterocycles. The van der Waals surface area contributed by atoms with E-state index >= 15 is 0 Å². The van der Waals surface area contributed by atoms with Gasteiger partial charge in [-0.15, -0.1) is 0 Å². The van der Waals surface area contributed by atoms with Gasteiger partial charge in [0.1, 0.15) is 11.9 Å². The fourth-order valence-corrected chi connectivity index (χ4v) is 3.73. The van der Waals surface area contributed by atoms with E-state index in [0.29, 0.717) is 25.4 Å². The SMILES string of the molecule is CN1C(=O)[C@@H](CC(=O)N2CCC(Cc3ccccc3F)CC2)N(C)C1=O. The van der Waals surface area contributed by atoms with Gasteiger partial charge >= 0.3 is 6.03 Å². The van der Waals surface area contributed by atoms with Crippen LogP contribution in [0.15, 0.2) is 24.3 Å². The minimum Gasteiger partial charge on any atom is -0.343 e. The second kappa shape index (κ2) is 7.43. The van der Waals surface area contributed by atoms with E-state index in [0.717, 1.165) is 23.3 Å². The molecule has 0 N–H and O–H groups in total. The molecular weight excluding hydrogens is 337 g/mol. The van der Waals surface area contributed by atoms with Crippen molar-refractivity contribution in [2.45, 2.75) is 31.7 Å². The molecule has 2 heterocycles. The molecule has 140 valence electrons. The van der Waals surface area contributed by atoms with E-state index in [1.54, 1.807) is 18.0 Å². The number of imide groups is 1. The van der Waals surface area contributed by atoms with Gasteiger partial charge < -0.3 is 9.80 Å². The van der Waals surface area contributed by atoms with Gasteiger partial charge in [-0.1, -0.05) is 18.2 Å². The Bertz CT molecular complexity index is 716. The molecule has 7 heteroatoms. The highest BCUT2D eigenvalue weighted by atomic mass is 19.1. The minimum atomic E-state index is -0.712. The van der Waals surface area contributed by atoms with E-state index in [-0.39, 0.29) is 30.1 Å². The molecule has 4 amide bonds. The molecule has 1 aromatic rings. The Balaban J connectivity index is 1.52. The molecule has 3 rings (SSSR count). The molecule has 2 fully saturated rings. The van der Waals surface area contributed by atoms with Crippen molar-refractivity contribution in [3.63, 3.8) is 0 Å². The van der Waals surface area contributed by atoms with Gasteiger partial charge in [-0.05, 0) is 36.8 Å². The number of carbonyl (C=O) groups is 3. The zero-order valence-electron chi connectivity index (χ0n) is 15.2. The number of urea groups is 1. The predicted molar refractivity (Wildman–Crippen MR) is 93.7 cm³/mol. The van der Waals surface area contributed by atoms with Gasteiger partial charge in [0.25, 0.3) is 5.91 Å². The van der Waals surface area contributed by atoms with Crippen molar-refractivity contribution >= 4 is 17.8 Å². The van der Waals surface area contributed by atoms with Gasteiger partial charge in [0, 0.05) is 27.2 Å². The monoisotopic (exact) mass is 361 g/mol. The summed E-state index contributed by atoms with van der Waals surface area (Å²) in [5.41, 5.74) is 0.719. The van der Waals surface area contributed by atoms with Crippen LogP contribution < -0.4 is 0 Å². The molecule has 2 aliphatic heterocycles. The largest absolute Gasteiger partial charge is 0.343 e. The maximum atomic E-state index is 13.8. The third-order valence-corrected chi connectivity index (χ3v) is 5.47.